The molecule has 1 rings (SSSR count). The third-order valence-electron chi connectivity index (χ3n) is 2.08. The minimum absolute atomic E-state index is 0. The number of benzene rings is 1. The molecule has 1 amide bonds. The van der Waals surface area contributed by atoms with Crippen LogP contribution in [-0.4, -0.2) is 24.7 Å². The Balaban J connectivity index is 0. The predicted octanol–water partition coefficient (Wildman–Crippen LogP) is 2.79. The number of hydrogen-bond donors (Lipinski definition) is 3. The number of rotatable bonds is 4. The third-order valence-corrected chi connectivity index (χ3v) is 2.08. The van der Waals surface area contributed by atoms with Crippen LogP contribution in [0.25, 0.3) is 0 Å². The van der Waals surface area contributed by atoms with Gasteiger partial charge in [0.15, 0.2) is 0 Å². The van der Waals surface area contributed by atoms with Crippen LogP contribution in [-0.2, 0) is 4.79 Å². The standard InChI is InChI=1S/C11H14F3N3O.2ClH/c1-7(15)10(18)17-9-5-3-2-4-8(9)16-6-11(12,13)14;;/h2-5,7,16H,6,15H2,1H3,(H,17,18);2*1H/t7-;;/m1../s1. The van der Waals surface area contributed by atoms with Crippen molar-refractivity contribution < 1.29 is 18.0 Å². The average Bonchev–Trinajstić information content (AvgIpc) is 2.26. The topological polar surface area (TPSA) is 67.2 Å². The van der Waals surface area contributed by atoms with Crippen LogP contribution in [0.5, 0.6) is 0 Å². The van der Waals surface area contributed by atoms with Crippen LogP contribution in [0.1, 0.15) is 6.92 Å². The fourth-order valence-corrected chi connectivity index (χ4v) is 1.19. The first-order valence-electron chi connectivity index (χ1n) is 5.25. The number of para-hydroxylation sites is 2. The molecule has 0 aliphatic rings. The maximum absolute atomic E-state index is 12.1. The summed E-state index contributed by atoms with van der Waals surface area (Å²) in [4.78, 5) is 11.4. The molecule has 1 aromatic carbocycles. The lowest BCUT2D eigenvalue weighted by Crippen LogP contribution is -2.32. The highest BCUT2D eigenvalue weighted by atomic mass is 35.5. The lowest BCUT2D eigenvalue weighted by molar-refractivity contribution is -0.117. The van der Waals surface area contributed by atoms with Gasteiger partial charge in [-0.25, -0.2) is 0 Å². The van der Waals surface area contributed by atoms with Crippen molar-refractivity contribution in [3.63, 3.8) is 0 Å². The summed E-state index contributed by atoms with van der Waals surface area (Å²) < 4.78 is 36.3. The number of anilines is 2. The molecule has 0 saturated carbocycles. The zero-order valence-corrected chi connectivity index (χ0v) is 12.2. The summed E-state index contributed by atoms with van der Waals surface area (Å²) in [6.45, 7) is 0.319. The summed E-state index contributed by atoms with van der Waals surface area (Å²) in [6, 6.07) is 5.39. The number of carbonyl (C=O) groups excluding carboxylic acids is 1. The monoisotopic (exact) mass is 333 g/mol. The number of carbonyl (C=O) groups is 1. The van der Waals surface area contributed by atoms with Crippen LogP contribution in [0.3, 0.4) is 0 Å². The molecule has 20 heavy (non-hydrogen) atoms. The van der Waals surface area contributed by atoms with E-state index in [0.717, 1.165) is 0 Å². The van der Waals surface area contributed by atoms with E-state index in [0.29, 0.717) is 0 Å². The highest BCUT2D eigenvalue weighted by molar-refractivity contribution is 5.97. The second-order valence-electron chi connectivity index (χ2n) is 3.79. The predicted molar refractivity (Wildman–Crippen MR) is 77.8 cm³/mol. The van der Waals surface area contributed by atoms with Crippen molar-refractivity contribution in [2.45, 2.75) is 19.1 Å². The van der Waals surface area contributed by atoms with Gasteiger partial charge in [0.2, 0.25) is 5.91 Å². The summed E-state index contributed by atoms with van der Waals surface area (Å²) in [6.07, 6.45) is -4.32. The molecule has 0 fully saturated rings. The second kappa shape index (κ2) is 8.89. The van der Waals surface area contributed by atoms with Crippen molar-refractivity contribution in [1.29, 1.82) is 0 Å². The molecule has 116 valence electrons. The molecule has 0 bridgehead atoms. The number of alkyl halides is 3. The molecule has 1 atom stereocenters. The van der Waals surface area contributed by atoms with Crippen molar-refractivity contribution in [1.82, 2.24) is 0 Å². The van der Waals surface area contributed by atoms with Crippen LogP contribution in [0.2, 0.25) is 0 Å². The smallest absolute Gasteiger partial charge is 0.375 e. The van der Waals surface area contributed by atoms with E-state index in [1.54, 1.807) is 12.1 Å². The van der Waals surface area contributed by atoms with Gasteiger partial charge in [-0.2, -0.15) is 13.2 Å². The lowest BCUT2D eigenvalue weighted by atomic mass is 10.2. The van der Waals surface area contributed by atoms with E-state index in [1.165, 1.54) is 19.1 Å². The molecule has 0 radical (unpaired) electrons. The molecule has 4 nitrogen and oxygen atoms in total. The molecular formula is C11H16Cl2F3N3O. The maximum atomic E-state index is 12.1. The van der Waals surface area contributed by atoms with Crippen LogP contribution in [0, 0.1) is 0 Å². The van der Waals surface area contributed by atoms with Crippen LogP contribution in [0.15, 0.2) is 24.3 Å². The maximum Gasteiger partial charge on any atom is 0.405 e. The van der Waals surface area contributed by atoms with Gasteiger partial charge in [-0.15, -0.1) is 24.8 Å². The van der Waals surface area contributed by atoms with Crippen molar-refractivity contribution in [3.8, 4) is 0 Å². The molecule has 0 unspecified atom stereocenters. The number of nitrogens with two attached hydrogens (primary N) is 1. The molecule has 0 spiro atoms. The Labute approximate surface area is 127 Å². The lowest BCUT2D eigenvalue weighted by Gasteiger charge is -2.15. The SMILES string of the molecule is C[C@@H](N)C(=O)Nc1ccccc1NCC(F)(F)F.Cl.Cl. The summed E-state index contributed by atoms with van der Waals surface area (Å²) in [7, 11) is 0. The normalized spacial score (nSPS) is 11.7. The first-order valence-corrected chi connectivity index (χ1v) is 5.25. The first-order chi connectivity index (χ1) is 8.29. The molecular weight excluding hydrogens is 318 g/mol. The number of nitrogens with one attached hydrogen (secondary N) is 2. The molecule has 9 heteroatoms. The van der Waals surface area contributed by atoms with Gasteiger partial charge in [0, 0.05) is 0 Å². The number of hydrogen-bond acceptors (Lipinski definition) is 3. The van der Waals surface area contributed by atoms with Crippen LogP contribution in [0.4, 0.5) is 24.5 Å². The largest absolute Gasteiger partial charge is 0.405 e. The van der Waals surface area contributed by atoms with Crippen molar-refractivity contribution in [2.24, 2.45) is 5.73 Å². The van der Waals surface area contributed by atoms with Gasteiger partial charge in [0.05, 0.1) is 17.4 Å². The fourth-order valence-electron chi connectivity index (χ4n) is 1.19. The Morgan fingerprint density at radius 2 is 1.75 bits per heavy atom. The van der Waals surface area contributed by atoms with Crippen LogP contribution < -0.4 is 16.4 Å². The molecule has 0 saturated heterocycles. The van der Waals surface area contributed by atoms with E-state index in [4.69, 9.17) is 5.73 Å². The summed E-state index contributed by atoms with van der Waals surface area (Å²) >= 11 is 0. The van der Waals surface area contributed by atoms with Crippen molar-refractivity contribution in [3.05, 3.63) is 24.3 Å². The Kier molecular flexibility index (Phi) is 9.38. The Morgan fingerprint density at radius 3 is 2.20 bits per heavy atom. The molecule has 0 heterocycles. The molecule has 4 N–H and O–H groups in total. The Hall–Kier alpha value is -1.18. The second-order valence-corrected chi connectivity index (χ2v) is 3.79. The summed E-state index contributed by atoms with van der Waals surface area (Å²) in [5.74, 6) is -0.462. The van der Waals surface area contributed by atoms with Crippen LogP contribution >= 0.6 is 24.8 Å². The van der Waals surface area contributed by atoms with Crippen molar-refractivity contribution in [2.75, 3.05) is 17.2 Å². The summed E-state index contributed by atoms with van der Waals surface area (Å²) in [5.41, 5.74) is 5.83. The first kappa shape index (κ1) is 21.1. The Bertz CT molecular complexity index is 428. The van der Waals surface area contributed by atoms with Gasteiger partial charge in [0.1, 0.15) is 6.54 Å². The van der Waals surface area contributed by atoms with E-state index in [9.17, 15) is 18.0 Å². The van der Waals surface area contributed by atoms with E-state index < -0.39 is 24.7 Å². The molecule has 1 aromatic rings. The highest BCUT2D eigenvalue weighted by Crippen LogP contribution is 2.23. The van der Waals surface area contributed by atoms with E-state index >= 15 is 0 Å². The van der Waals surface area contributed by atoms with Crippen molar-refractivity contribution >= 4 is 42.1 Å². The minimum atomic E-state index is -4.32. The zero-order chi connectivity index (χ0) is 13.8. The van der Waals surface area contributed by atoms with Gasteiger partial charge >= 0.3 is 6.18 Å². The molecule has 0 aromatic heterocycles. The van der Waals surface area contributed by atoms with Gasteiger partial charge in [-0.05, 0) is 19.1 Å². The number of amides is 1. The quantitative estimate of drug-likeness (QED) is 0.793. The summed E-state index contributed by atoms with van der Waals surface area (Å²) in [5, 5.41) is 4.67. The molecule has 0 aliphatic carbocycles. The molecule has 0 aliphatic heterocycles. The van der Waals surface area contributed by atoms with Gasteiger partial charge in [-0.3, -0.25) is 4.79 Å². The fraction of sp³-hybridized carbons (Fsp3) is 0.364. The van der Waals surface area contributed by atoms with Gasteiger partial charge in [-0.1, -0.05) is 12.1 Å². The minimum Gasteiger partial charge on any atom is -0.375 e. The number of halogens is 5. The average molecular weight is 334 g/mol. The van der Waals surface area contributed by atoms with Gasteiger partial charge in [0.25, 0.3) is 0 Å². The third kappa shape index (κ3) is 7.42. The van der Waals surface area contributed by atoms with E-state index in [1.807, 2.05) is 0 Å². The van der Waals surface area contributed by atoms with E-state index in [-0.39, 0.29) is 36.2 Å². The van der Waals surface area contributed by atoms with E-state index in [2.05, 4.69) is 10.6 Å². The zero-order valence-electron chi connectivity index (χ0n) is 10.5. The van der Waals surface area contributed by atoms with Gasteiger partial charge < -0.3 is 16.4 Å². The Morgan fingerprint density at radius 1 is 1.25 bits per heavy atom. The highest BCUT2D eigenvalue weighted by Gasteiger charge is 2.27.